The van der Waals surface area contributed by atoms with Crippen LogP contribution >= 0.6 is 0 Å². The van der Waals surface area contributed by atoms with Crippen LogP contribution in [0.4, 0.5) is 0 Å². The summed E-state index contributed by atoms with van der Waals surface area (Å²) in [6, 6.07) is 0. The molecule has 7 nitrogen and oxygen atoms in total. The lowest BCUT2D eigenvalue weighted by atomic mass is 10.1. The van der Waals surface area contributed by atoms with Crippen LogP contribution in [-0.2, 0) is 0 Å². The fraction of sp³-hybridized carbons (Fsp3) is 1.00. The van der Waals surface area contributed by atoms with E-state index in [4.69, 9.17) is 0 Å². The predicted molar refractivity (Wildman–Crippen MR) is 48.2 cm³/mol. The molecule has 0 spiro atoms. The summed E-state index contributed by atoms with van der Waals surface area (Å²) >= 11 is 0. The van der Waals surface area contributed by atoms with Gasteiger partial charge >= 0.3 is 5.79 Å². The minimum absolute atomic E-state index is 0.285. The van der Waals surface area contributed by atoms with Crippen molar-refractivity contribution in [3.05, 3.63) is 10.1 Å². The molecule has 0 saturated heterocycles. The second kappa shape index (κ2) is 4.73. The lowest BCUT2D eigenvalue weighted by Gasteiger charge is -2.09. The van der Waals surface area contributed by atoms with Crippen molar-refractivity contribution in [3.63, 3.8) is 0 Å². The van der Waals surface area contributed by atoms with E-state index in [9.17, 15) is 10.1 Å². The van der Waals surface area contributed by atoms with Crippen molar-refractivity contribution >= 4 is 0 Å². The molecule has 0 N–H and O–H groups in total. The van der Waals surface area contributed by atoms with Crippen LogP contribution in [0.2, 0.25) is 0 Å². The fourth-order valence-corrected chi connectivity index (χ4v) is 1.26. The van der Waals surface area contributed by atoms with E-state index >= 15 is 0 Å². The van der Waals surface area contributed by atoms with Crippen LogP contribution in [0.1, 0.15) is 39.0 Å². The number of rotatable bonds is 6. The molecule has 0 radical (unpaired) electrons. The Balaban J connectivity index is 2.42. The molecule has 0 fully saturated rings. The molecule has 0 amide bonds. The van der Waals surface area contributed by atoms with Crippen LogP contribution in [0.5, 0.6) is 0 Å². The lowest BCUT2D eigenvalue weighted by molar-refractivity contribution is -0.568. The van der Waals surface area contributed by atoms with E-state index in [0.717, 1.165) is 25.7 Å². The first kappa shape index (κ1) is 10.7. The van der Waals surface area contributed by atoms with Gasteiger partial charge in [-0.3, -0.25) is 10.1 Å². The fourth-order valence-electron chi connectivity index (χ4n) is 1.26. The molecule has 0 aromatic heterocycles. The number of nitro groups is 1. The highest BCUT2D eigenvalue weighted by Gasteiger charge is 2.45. The average Bonchev–Trinajstić information content (AvgIpc) is 2.62. The van der Waals surface area contributed by atoms with Crippen LogP contribution in [0.3, 0.4) is 0 Å². The Hall–Kier alpha value is -1.40. The Kier molecular flexibility index (Phi) is 3.61. The van der Waals surface area contributed by atoms with Crippen molar-refractivity contribution in [1.82, 2.24) is 0 Å². The number of hydrogen-bond acceptors (Lipinski definition) is 6. The van der Waals surface area contributed by atoms with E-state index in [1.807, 2.05) is 0 Å². The molecule has 1 rings (SSSR count). The van der Waals surface area contributed by atoms with E-state index in [0.29, 0.717) is 0 Å². The highest BCUT2D eigenvalue weighted by Crippen LogP contribution is 2.27. The zero-order chi connectivity index (χ0) is 10.4. The Morgan fingerprint density at radius 2 is 1.86 bits per heavy atom. The van der Waals surface area contributed by atoms with Gasteiger partial charge < -0.3 is 0 Å². The zero-order valence-electron chi connectivity index (χ0n) is 8.09. The van der Waals surface area contributed by atoms with Crippen LogP contribution < -0.4 is 0 Å². The third-order valence-corrected chi connectivity index (χ3v) is 2.11. The molecule has 1 aliphatic rings. The van der Waals surface area contributed by atoms with Crippen molar-refractivity contribution < 1.29 is 4.92 Å². The monoisotopic (exact) mass is 199 g/mol. The summed E-state index contributed by atoms with van der Waals surface area (Å²) in [5, 5.41) is 24.0. The summed E-state index contributed by atoms with van der Waals surface area (Å²) in [5.74, 6) is -1.62. The van der Waals surface area contributed by atoms with Gasteiger partial charge in [0, 0.05) is 0 Å². The van der Waals surface area contributed by atoms with Crippen LogP contribution in [0.25, 0.3) is 0 Å². The molecule has 0 bridgehead atoms. The third-order valence-electron chi connectivity index (χ3n) is 2.11. The van der Waals surface area contributed by atoms with Gasteiger partial charge in [-0.25, -0.2) is 0 Å². The van der Waals surface area contributed by atoms with Gasteiger partial charge in [0.2, 0.25) is 0 Å². The van der Waals surface area contributed by atoms with E-state index in [-0.39, 0.29) is 6.42 Å². The van der Waals surface area contributed by atoms with E-state index in [1.54, 1.807) is 0 Å². The van der Waals surface area contributed by atoms with Crippen LogP contribution in [0, 0.1) is 10.1 Å². The van der Waals surface area contributed by atoms with E-state index in [2.05, 4.69) is 27.6 Å². The molecule has 1 heterocycles. The zero-order valence-corrected chi connectivity index (χ0v) is 8.09. The molecule has 0 atom stereocenters. The second-order valence-corrected chi connectivity index (χ2v) is 3.22. The molecule has 0 aromatic carbocycles. The maximum atomic E-state index is 10.7. The molecule has 0 saturated carbocycles. The summed E-state index contributed by atoms with van der Waals surface area (Å²) in [6.07, 6.45) is 4.13. The topological polar surface area (TPSA) is 92.6 Å². The first-order valence-electron chi connectivity index (χ1n) is 4.70. The van der Waals surface area contributed by atoms with Gasteiger partial charge in [-0.1, -0.05) is 36.4 Å². The standard InChI is InChI=1S/C7H13N5O2/c1-2-3-4-5-6-7(12(13)14)8-10-11-9-7/h2-6H2,1H3. The average molecular weight is 199 g/mol. The van der Waals surface area contributed by atoms with Gasteiger partial charge in [0.05, 0.1) is 11.3 Å². The molecule has 14 heavy (non-hydrogen) atoms. The number of hydrogen-bond donors (Lipinski definition) is 0. The minimum atomic E-state index is -1.62. The molecule has 0 aromatic rings. The number of nitrogens with zero attached hydrogens (tertiary/aromatic N) is 5. The summed E-state index contributed by atoms with van der Waals surface area (Å²) in [4.78, 5) is 10.2. The third kappa shape index (κ3) is 2.30. The Morgan fingerprint density at radius 1 is 1.21 bits per heavy atom. The maximum absolute atomic E-state index is 10.7. The summed E-state index contributed by atoms with van der Waals surface area (Å²) in [7, 11) is 0. The van der Waals surface area contributed by atoms with Gasteiger partial charge in [-0.2, -0.15) is 0 Å². The van der Waals surface area contributed by atoms with Crippen molar-refractivity contribution in [2.45, 2.75) is 44.8 Å². The smallest absolute Gasteiger partial charge is 0.260 e. The molecule has 7 heteroatoms. The largest absolute Gasteiger partial charge is 0.447 e. The highest BCUT2D eigenvalue weighted by atomic mass is 16.6. The van der Waals surface area contributed by atoms with Gasteiger partial charge in [0.1, 0.15) is 0 Å². The molecular formula is C7H13N5O2. The Morgan fingerprint density at radius 3 is 2.36 bits per heavy atom. The van der Waals surface area contributed by atoms with E-state index < -0.39 is 10.7 Å². The van der Waals surface area contributed by atoms with Gasteiger partial charge in [-0.15, -0.1) is 0 Å². The van der Waals surface area contributed by atoms with E-state index in [1.165, 1.54) is 0 Å². The summed E-state index contributed by atoms with van der Waals surface area (Å²) in [5.41, 5.74) is 0. The van der Waals surface area contributed by atoms with Crippen molar-refractivity contribution in [3.8, 4) is 0 Å². The molecule has 78 valence electrons. The molecule has 0 aliphatic carbocycles. The quantitative estimate of drug-likeness (QED) is 0.373. The van der Waals surface area contributed by atoms with Gasteiger partial charge in [0.15, 0.2) is 0 Å². The SMILES string of the molecule is CCCCCCC1([N+](=O)[O-])N=NN=N1. The first-order chi connectivity index (χ1) is 6.71. The molecule has 0 unspecified atom stereocenters. The second-order valence-electron chi connectivity index (χ2n) is 3.22. The lowest BCUT2D eigenvalue weighted by Crippen LogP contribution is -2.31. The van der Waals surface area contributed by atoms with Crippen molar-refractivity contribution in [1.29, 1.82) is 0 Å². The first-order valence-corrected chi connectivity index (χ1v) is 4.70. The minimum Gasteiger partial charge on any atom is -0.260 e. The van der Waals surface area contributed by atoms with Crippen molar-refractivity contribution in [2.75, 3.05) is 0 Å². The molecular weight excluding hydrogens is 186 g/mol. The van der Waals surface area contributed by atoms with Crippen LogP contribution in [-0.4, -0.2) is 10.7 Å². The normalized spacial score (nSPS) is 17.5. The predicted octanol–water partition coefficient (Wildman–Crippen LogP) is 2.72. The van der Waals surface area contributed by atoms with Crippen LogP contribution in [0.15, 0.2) is 20.7 Å². The summed E-state index contributed by atoms with van der Waals surface area (Å²) < 4.78 is 0. The van der Waals surface area contributed by atoms with Crippen molar-refractivity contribution in [2.24, 2.45) is 20.7 Å². The van der Waals surface area contributed by atoms with Gasteiger partial charge in [0.25, 0.3) is 0 Å². The maximum Gasteiger partial charge on any atom is 0.447 e. The Bertz CT molecular complexity index is 251. The van der Waals surface area contributed by atoms with Gasteiger partial charge in [-0.05, 0) is 16.9 Å². The highest BCUT2D eigenvalue weighted by molar-refractivity contribution is 4.72. The summed E-state index contributed by atoms with van der Waals surface area (Å²) in [6.45, 7) is 2.08. The number of unbranched alkanes of at least 4 members (excludes halogenated alkanes) is 3. The molecule has 1 aliphatic heterocycles. The Labute approximate surface area is 81.4 Å².